The van der Waals surface area contributed by atoms with Gasteiger partial charge in [0.1, 0.15) is 0 Å². The highest BCUT2D eigenvalue weighted by molar-refractivity contribution is 5.53. The van der Waals surface area contributed by atoms with Gasteiger partial charge >= 0.3 is 0 Å². The molecule has 0 amide bonds. The average Bonchev–Trinajstić information content (AvgIpc) is 2.86. The summed E-state index contributed by atoms with van der Waals surface area (Å²) in [4.78, 5) is 0. The highest BCUT2D eigenvalue weighted by atomic mass is 19.2. The summed E-state index contributed by atoms with van der Waals surface area (Å²) >= 11 is 0. The van der Waals surface area contributed by atoms with Crippen LogP contribution in [0.2, 0.25) is 0 Å². The molecule has 0 aromatic heterocycles. The van der Waals surface area contributed by atoms with E-state index in [9.17, 15) is 17.6 Å². The highest BCUT2D eigenvalue weighted by Crippen LogP contribution is 2.41. The molecule has 0 N–H and O–H groups in total. The minimum absolute atomic E-state index is 0.141. The van der Waals surface area contributed by atoms with E-state index in [0.717, 1.165) is 6.42 Å². The molecule has 5 unspecified atom stereocenters. The summed E-state index contributed by atoms with van der Waals surface area (Å²) in [7, 11) is 0. The summed E-state index contributed by atoms with van der Waals surface area (Å²) in [5, 5.41) is 0. The standard InChI is InChI=1S/C29H30F6/c1-3-18-12-13-22(28(34)25(18)31)23-15-14-21(27(33)29(23)35)19-9-5-17(6-10-19)7-11-20-8-4-16(2)24(30)26(20)32/h4,8-9,12-15,17,25,27-29H,3,5-7,10-11H2,1-2H3. The lowest BCUT2D eigenvalue weighted by molar-refractivity contribution is 0.201. The maximum Gasteiger partial charge on any atom is 0.162 e. The molecular formula is C29H30F6. The van der Waals surface area contributed by atoms with E-state index in [-0.39, 0.29) is 28.2 Å². The van der Waals surface area contributed by atoms with Crippen LogP contribution in [0.5, 0.6) is 0 Å². The van der Waals surface area contributed by atoms with Crippen molar-refractivity contribution in [2.45, 2.75) is 77.1 Å². The van der Waals surface area contributed by atoms with Crippen molar-refractivity contribution in [3.8, 4) is 0 Å². The Hall–Kier alpha value is -2.50. The lowest BCUT2D eigenvalue weighted by Crippen LogP contribution is -2.32. The molecular weight excluding hydrogens is 462 g/mol. The summed E-state index contributed by atoms with van der Waals surface area (Å²) in [6, 6.07) is 3.18. The minimum Gasteiger partial charge on any atom is -0.239 e. The van der Waals surface area contributed by atoms with Crippen molar-refractivity contribution in [2.24, 2.45) is 5.92 Å². The number of alkyl halides is 4. The number of rotatable bonds is 6. The van der Waals surface area contributed by atoms with Gasteiger partial charge in [-0.15, -0.1) is 0 Å². The van der Waals surface area contributed by atoms with Crippen molar-refractivity contribution >= 4 is 0 Å². The first kappa shape index (κ1) is 25.6. The van der Waals surface area contributed by atoms with Gasteiger partial charge in [-0.25, -0.2) is 26.3 Å². The van der Waals surface area contributed by atoms with Crippen molar-refractivity contribution < 1.29 is 26.3 Å². The largest absolute Gasteiger partial charge is 0.239 e. The third kappa shape index (κ3) is 5.07. The average molecular weight is 493 g/mol. The van der Waals surface area contributed by atoms with Crippen LogP contribution >= 0.6 is 0 Å². The Balaban J connectivity index is 1.44. The summed E-state index contributed by atoms with van der Waals surface area (Å²) in [6.07, 6.45) is 3.00. The predicted octanol–water partition coefficient (Wildman–Crippen LogP) is 8.43. The van der Waals surface area contributed by atoms with E-state index in [1.165, 1.54) is 31.2 Å². The van der Waals surface area contributed by atoms with Gasteiger partial charge in [0.2, 0.25) is 0 Å². The van der Waals surface area contributed by atoms with E-state index in [2.05, 4.69) is 0 Å². The van der Waals surface area contributed by atoms with Crippen LogP contribution in [0.4, 0.5) is 26.3 Å². The van der Waals surface area contributed by atoms with E-state index >= 15 is 8.78 Å². The number of hydrogen-bond acceptors (Lipinski definition) is 0. The van der Waals surface area contributed by atoms with Crippen molar-refractivity contribution in [2.75, 3.05) is 0 Å². The number of allylic oxidation sites excluding steroid dienone is 10. The van der Waals surface area contributed by atoms with Crippen LogP contribution in [0.25, 0.3) is 0 Å². The molecule has 6 heteroatoms. The Morgan fingerprint density at radius 3 is 2.09 bits per heavy atom. The van der Waals surface area contributed by atoms with Crippen molar-refractivity contribution in [3.63, 3.8) is 0 Å². The van der Waals surface area contributed by atoms with Crippen LogP contribution in [-0.4, -0.2) is 24.7 Å². The smallest absolute Gasteiger partial charge is 0.162 e. The second kappa shape index (κ2) is 10.6. The first-order valence-corrected chi connectivity index (χ1v) is 12.2. The van der Waals surface area contributed by atoms with Gasteiger partial charge < -0.3 is 0 Å². The van der Waals surface area contributed by atoms with Crippen LogP contribution in [0, 0.1) is 24.5 Å². The van der Waals surface area contributed by atoms with Crippen LogP contribution in [-0.2, 0) is 6.42 Å². The number of aryl methyl sites for hydroxylation is 2. The molecule has 188 valence electrons. The lowest BCUT2D eigenvalue weighted by atomic mass is 9.78. The Kier molecular flexibility index (Phi) is 7.77. The van der Waals surface area contributed by atoms with E-state index in [1.54, 1.807) is 19.1 Å². The van der Waals surface area contributed by atoms with Gasteiger partial charge in [0.25, 0.3) is 0 Å². The zero-order chi connectivity index (χ0) is 25.3. The van der Waals surface area contributed by atoms with Crippen LogP contribution in [0.15, 0.2) is 70.4 Å². The maximum atomic E-state index is 15.1. The van der Waals surface area contributed by atoms with Gasteiger partial charge in [-0.1, -0.05) is 49.4 Å². The Morgan fingerprint density at radius 2 is 1.43 bits per heavy atom. The van der Waals surface area contributed by atoms with E-state index in [0.29, 0.717) is 48.8 Å². The molecule has 5 atom stereocenters. The fraction of sp³-hybridized carbons (Fsp3) is 0.448. The normalized spacial score (nSPS) is 29.1. The fourth-order valence-corrected chi connectivity index (χ4v) is 5.16. The van der Waals surface area contributed by atoms with Crippen molar-refractivity contribution in [3.05, 3.63) is 93.1 Å². The Morgan fingerprint density at radius 1 is 0.800 bits per heavy atom. The molecule has 3 aliphatic carbocycles. The number of benzene rings is 1. The molecule has 0 saturated heterocycles. The van der Waals surface area contributed by atoms with Crippen LogP contribution < -0.4 is 0 Å². The van der Waals surface area contributed by atoms with Gasteiger partial charge in [0, 0.05) is 0 Å². The number of halogens is 6. The Labute approximate surface area is 202 Å². The topological polar surface area (TPSA) is 0 Å². The lowest BCUT2D eigenvalue weighted by Gasteiger charge is -2.31. The highest BCUT2D eigenvalue weighted by Gasteiger charge is 2.39. The summed E-state index contributed by atoms with van der Waals surface area (Å²) in [6.45, 7) is 3.24. The second-order valence-electron chi connectivity index (χ2n) is 9.65. The van der Waals surface area contributed by atoms with Gasteiger partial charge in [-0.2, -0.15) is 0 Å². The first-order chi connectivity index (χ1) is 16.7. The summed E-state index contributed by atoms with van der Waals surface area (Å²) < 4.78 is 87.0. The zero-order valence-electron chi connectivity index (χ0n) is 19.9. The first-order valence-electron chi connectivity index (χ1n) is 12.2. The molecule has 0 heterocycles. The van der Waals surface area contributed by atoms with Crippen molar-refractivity contribution in [1.29, 1.82) is 0 Å². The van der Waals surface area contributed by atoms with Gasteiger partial charge in [-0.3, -0.25) is 0 Å². The summed E-state index contributed by atoms with van der Waals surface area (Å²) in [5.41, 5.74) is 1.58. The molecule has 0 fully saturated rings. The van der Waals surface area contributed by atoms with E-state index in [4.69, 9.17) is 0 Å². The SMILES string of the molecule is CCC1=CC=C(C2=CC=C(C3=CCC(CCc4ccc(C)c(F)c4F)CC3)C(F)C2F)C(F)C1F. The molecule has 0 nitrogen and oxygen atoms in total. The van der Waals surface area contributed by atoms with Gasteiger partial charge in [-0.05, 0) is 90.4 Å². The van der Waals surface area contributed by atoms with Crippen molar-refractivity contribution in [1.82, 2.24) is 0 Å². The van der Waals surface area contributed by atoms with Gasteiger partial charge in [0.05, 0.1) is 0 Å². The predicted molar refractivity (Wildman–Crippen MR) is 127 cm³/mol. The maximum absolute atomic E-state index is 15.1. The van der Waals surface area contributed by atoms with E-state index < -0.39 is 36.3 Å². The van der Waals surface area contributed by atoms with Gasteiger partial charge in [0.15, 0.2) is 36.3 Å². The van der Waals surface area contributed by atoms with Crippen LogP contribution in [0.3, 0.4) is 0 Å². The summed E-state index contributed by atoms with van der Waals surface area (Å²) in [5.74, 6) is -1.38. The third-order valence-corrected chi connectivity index (χ3v) is 7.49. The second-order valence-corrected chi connectivity index (χ2v) is 9.65. The zero-order valence-corrected chi connectivity index (χ0v) is 19.9. The molecule has 0 spiro atoms. The Bertz CT molecular complexity index is 1120. The molecule has 35 heavy (non-hydrogen) atoms. The molecule has 3 aliphatic rings. The van der Waals surface area contributed by atoms with E-state index in [1.807, 2.05) is 6.08 Å². The molecule has 4 rings (SSSR count). The molecule has 1 aromatic carbocycles. The molecule has 1 aromatic rings. The molecule has 0 aliphatic heterocycles. The number of hydrogen-bond donors (Lipinski definition) is 0. The minimum atomic E-state index is -2.07. The molecule has 0 radical (unpaired) electrons. The third-order valence-electron chi connectivity index (χ3n) is 7.49. The monoisotopic (exact) mass is 492 g/mol. The fourth-order valence-electron chi connectivity index (χ4n) is 5.16. The molecule has 0 bridgehead atoms. The quantitative estimate of drug-likeness (QED) is 0.350. The van der Waals surface area contributed by atoms with Crippen LogP contribution in [0.1, 0.15) is 50.2 Å². The molecule has 0 saturated carbocycles.